The third kappa shape index (κ3) is 2.80. The molecule has 0 aliphatic rings. The van der Waals surface area contributed by atoms with Gasteiger partial charge in [-0.05, 0) is 58.7 Å². The van der Waals surface area contributed by atoms with Crippen LogP contribution < -0.4 is 10.4 Å². The quantitative estimate of drug-likeness (QED) is 0.393. The highest BCUT2D eigenvalue weighted by Crippen LogP contribution is 2.24. The van der Waals surface area contributed by atoms with Crippen molar-refractivity contribution in [2.45, 2.75) is 6.92 Å². The van der Waals surface area contributed by atoms with E-state index >= 15 is 0 Å². The molecule has 0 aliphatic heterocycles. The monoisotopic (exact) mass is 358 g/mol. The van der Waals surface area contributed by atoms with Gasteiger partial charge in [0.1, 0.15) is 11.3 Å². The lowest BCUT2D eigenvalue weighted by atomic mass is 10.1. The average molecular weight is 359 g/mol. The van der Waals surface area contributed by atoms with Crippen molar-refractivity contribution < 1.29 is 13.9 Å². The smallest absolute Gasteiger partial charge is 0.344 e. The Kier molecular flexibility index (Phi) is 3.81. The molecule has 0 N–H and O–H groups in total. The van der Waals surface area contributed by atoms with Crippen LogP contribution in [0.5, 0.6) is 5.75 Å². The Morgan fingerprint density at radius 1 is 1.14 bits per heavy atom. The van der Waals surface area contributed by atoms with Crippen molar-refractivity contribution in [2.75, 3.05) is 0 Å². The van der Waals surface area contributed by atoms with E-state index in [2.05, 4.69) is 15.9 Å². The molecule has 3 aromatic rings. The van der Waals surface area contributed by atoms with Gasteiger partial charge in [-0.25, -0.2) is 9.59 Å². The maximum atomic E-state index is 12.2. The number of carbonyl (C=O) groups excluding carboxylic acids is 1. The summed E-state index contributed by atoms with van der Waals surface area (Å²) < 4.78 is 11.2. The number of ether oxygens (including phenoxy) is 1. The molecule has 0 spiro atoms. The standard InChI is InChI=1S/C17H11BrO4/c1-10-8-16(19)22-15-7-6-11(9-13(10)15)21-17(20)12-4-2-3-5-14(12)18/h2-9H,1H3. The van der Waals surface area contributed by atoms with E-state index in [1.54, 1.807) is 43.3 Å². The van der Waals surface area contributed by atoms with Gasteiger partial charge < -0.3 is 9.15 Å². The van der Waals surface area contributed by atoms with E-state index in [4.69, 9.17) is 9.15 Å². The predicted molar refractivity (Wildman–Crippen MR) is 86.3 cm³/mol. The first kappa shape index (κ1) is 14.5. The summed E-state index contributed by atoms with van der Waals surface area (Å²) in [6.07, 6.45) is 0. The molecule has 3 rings (SSSR count). The number of fused-ring (bicyclic) bond motifs is 1. The molecule has 0 saturated heterocycles. The first-order valence-electron chi connectivity index (χ1n) is 6.56. The second-order valence-corrected chi connectivity index (χ2v) is 5.63. The highest BCUT2D eigenvalue weighted by atomic mass is 79.9. The molecule has 0 aliphatic carbocycles. The summed E-state index contributed by atoms with van der Waals surface area (Å²) in [5, 5.41) is 0.733. The topological polar surface area (TPSA) is 56.5 Å². The van der Waals surface area contributed by atoms with Gasteiger partial charge in [0.2, 0.25) is 0 Å². The molecule has 110 valence electrons. The highest BCUT2D eigenvalue weighted by molar-refractivity contribution is 9.10. The maximum absolute atomic E-state index is 12.2. The van der Waals surface area contributed by atoms with Crippen molar-refractivity contribution in [1.29, 1.82) is 0 Å². The van der Waals surface area contributed by atoms with Crippen LogP contribution in [0.15, 0.2) is 62.2 Å². The van der Waals surface area contributed by atoms with Gasteiger partial charge in [0.25, 0.3) is 0 Å². The molecule has 0 radical (unpaired) electrons. The minimum Gasteiger partial charge on any atom is -0.423 e. The molecule has 0 unspecified atom stereocenters. The molecule has 1 aromatic heterocycles. The zero-order valence-corrected chi connectivity index (χ0v) is 13.2. The van der Waals surface area contributed by atoms with Crippen LogP contribution in [0.25, 0.3) is 11.0 Å². The van der Waals surface area contributed by atoms with E-state index in [1.807, 2.05) is 6.07 Å². The molecule has 4 nitrogen and oxygen atoms in total. The van der Waals surface area contributed by atoms with Crippen molar-refractivity contribution in [2.24, 2.45) is 0 Å². The van der Waals surface area contributed by atoms with Crippen molar-refractivity contribution >= 4 is 32.9 Å². The number of aryl methyl sites for hydroxylation is 1. The number of carbonyl (C=O) groups is 1. The molecule has 1 heterocycles. The van der Waals surface area contributed by atoms with Crippen molar-refractivity contribution in [3.05, 3.63) is 74.6 Å². The van der Waals surface area contributed by atoms with E-state index in [9.17, 15) is 9.59 Å². The van der Waals surface area contributed by atoms with Crippen LogP contribution in [0.3, 0.4) is 0 Å². The lowest BCUT2D eigenvalue weighted by Crippen LogP contribution is -2.09. The summed E-state index contributed by atoms with van der Waals surface area (Å²) in [7, 11) is 0. The maximum Gasteiger partial charge on any atom is 0.344 e. The van der Waals surface area contributed by atoms with Crippen LogP contribution in [-0.2, 0) is 0 Å². The van der Waals surface area contributed by atoms with Crippen LogP contribution in [0, 0.1) is 6.92 Å². The normalized spacial score (nSPS) is 10.6. The van der Waals surface area contributed by atoms with Gasteiger partial charge in [-0.1, -0.05) is 12.1 Å². The summed E-state index contributed by atoms with van der Waals surface area (Å²) in [4.78, 5) is 23.5. The summed E-state index contributed by atoms with van der Waals surface area (Å²) in [6, 6.07) is 13.3. The number of hydrogen-bond acceptors (Lipinski definition) is 4. The molecule has 0 amide bonds. The zero-order valence-electron chi connectivity index (χ0n) is 11.6. The summed E-state index contributed by atoms with van der Waals surface area (Å²) in [5.41, 5.74) is 1.28. The molecular formula is C17H11BrO4. The van der Waals surface area contributed by atoms with Gasteiger partial charge in [0.15, 0.2) is 0 Å². The van der Waals surface area contributed by atoms with E-state index in [0.717, 1.165) is 10.9 Å². The minimum absolute atomic E-state index is 0.394. The van der Waals surface area contributed by atoms with Gasteiger partial charge in [0.05, 0.1) is 5.56 Å². The Hall–Kier alpha value is -2.40. The highest BCUT2D eigenvalue weighted by Gasteiger charge is 2.13. The fraction of sp³-hybridized carbons (Fsp3) is 0.0588. The van der Waals surface area contributed by atoms with Crippen LogP contribution in [0.1, 0.15) is 15.9 Å². The molecular weight excluding hydrogens is 348 g/mol. The largest absolute Gasteiger partial charge is 0.423 e. The Labute approximate surface area is 134 Å². The molecule has 22 heavy (non-hydrogen) atoms. The van der Waals surface area contributed by atoms with Crippen LogP contribution in [0.2, 0.25) is 0 Å². The Bertz CT molecular complexity index is 927. The van der Waals surface area contributed by atoms with Gasteiger partial charge in [-0.15, -0.1) is 0 Å². The summed E-state index contributed by atoms with van der Waals surface area (Å²) in [5.74, 6) is -0.0629. The molecule has 0 saturated carbocycles. The third-order valence-corrected chi connectivity index (χ3v) is 3.92. The number of esters is 1. The third-order valence-electron chi connectivity index (χ3n) is 3.23. The number of benzene rings is 2. The fourth-order valence-corrected chi connectivity index (χ4v) is 2.60. The number of hydrogen-bond donors (Lipinski definition) is 0. The fourth-order valence-electron chi connectivity index (χ4n) is 2.15. The van der Waals surface area contributed by atoms with Crippen LogP contribution in [-0.4, -0.2) is 5.97 Å². The summed E-state index contributed by atoms with van der Waals surface area (Å²) in [6.45, 7) is 1.80. The molecule has 5 heteroatoms. The molecule has 2 aromatic carbocycles. The first-order chi connectivity index (χ1) is 10.5. The van der Waals surface area contributed by atoms with Gasteiger partial charge in [0, 0.05) is 15.9 Å². The van der Waals surface area contributed by atoms with Gasteiger partial charge >= 0.3 is 11.6 Å². The van der Waals surface area contributed by atoms with Crippen LogP contribution in [0.4, 0.5) is 0 Å². The summed E-state index contributed by atoms with van der Waals surface area (Å²) >= 11 is 3.32. The second-order valence-electron chi connectivity index (χ2n) is 4.78. The minimum atomic E-state index is -0.457. The van der Waals surface area contributed by atoms with E-state index in [1.165, 1.54) is 6.07 Å². The number of halogens is 1. The van der Waals surface area contributed by atoms with E-state index in [-0.39, 0.29) is 0 Å². The molecule has 0 fully saturated rings. The van der Waals surface area contributed by atoms with Gasteiger partial charge in [-0.3, -0.25) is 0 Å². The van der Waals surface area contributed by atoms with Crippen LogP contribution >= 0.6 is 15.9 Å². The average Bonchev–Trinajstić information content (AvgIpc) is 2.48. The van der Waals surface area contributed by atoms with Crippen molar-refractivity contribution in [3.63, 3.8) is 0 Å². The van der Waals surface area contributed by atoms with Gasteiger partial charge in [-0.2, -0.15) is 0 Å². The first-order valence-corrected chi connectivity index (χ1v) is 7.35. The van der Waals surface area contributed by atoms with E-state index in [0.29, 0.717) is 21.4 Å². The SMILES string of the molecule is Cc1cc(=O)oc2ccc(OC(=O)c3ccccc3Br)cc12. The van der Waals surface area contributed by atoms with Crippen molar-refractivity contribution in [1.82, 2.24) is 0 Å². The van der Waals surface area contributed by atoms with E-state index < -0.39 is 11.6 Å². The lowest BCUT2D eigenvalue weighted by Gasteiger charge is -2.07. The molecule has 0 atom stereocenters. The lowest BCUT2D eigenvalue weighted by molar-refractivity contribution is 0.0734. The second kappa shape index (κ2) is 5.77. The Morgan fingerprint density at radius 2 is 1.91 bits per heavy atom. The Balaban J connectivity index is 1.96. The number of rotatable bonds is 2. The Morgan fingerprint density at radius 3 is 2.68 bits per heavy atom. The molecule has 0 bridgehead atoms. The van der Waals surface area contributed by atoms with Crippen molar-refractivity contribution in [3.8, 4) is 5.75 Å². The zero-order chi connectivity index (χ0) is 15.7. The predicted octanol–water partition coefficient (Wildman–Crippen LogP) is 4.08.